The van der Waals surface area contributed by atoms with Crippen molar-refractivity contribution in [3.8, 4) is 101 Å². The van der Waals surface area contributed by atoms with E-state index in [0.29, 0.717) is 9.79 Å². The van der Waals surface area contributed by atoms with Gasteiger partial charge in [-0.15, -0.1) is 189 Å². The Kier molecular flexibility index (Phi) is 30.2. The molecule has 0 fully saturated rings. The third kappa shape index (κ3) is 20.5. The topological polar surface area (TPSA) is 111 Å². The van der Waals surface area contributed by atoms with Crippen molar-refractivity contribution in [2.24, 2.45) is 0 Å². The van der Waals surface area contributed by atoms with Gasteiger partial charge in [0.1, 0.15) is 8.07 Å². The summed E-state index contributed by atoms with van der Waals surface area (Å²) in [6.45, 7) is 26.0. The van der Waals surface area contributed by atoms with Crippen LogP contribution in [0.5, 0.6) is 0 Å². The number of aromatic nitrogens is 6. The zero-order valence-electron chi connectivity index (χ0n) is 71.1. The Morgan fingerprint density at radius 1 is 0.258 bits per heavy atom. The number of sulfone groups is 1. The molecule has 0 unspecified atom stereocenters. The number of fused-ring (bicyclic) bond motifs is 9. The average Bonchev–Trinajstić information content (AvgIpc) is 1.53. The van der Waals surface area contributed by atoms with Crippen LogP contribution in [-0.2, 0) is 70.2 Å². The maximum atomic E-state index is 12.7. The Labute approximate surface area is 778 Å². The Hall–Kier alpha value is -10.7. The third-order valence-electron chi connectivity index (χ3n) is 22.2. The summed E-state index contributed by atoms with van der Waals surface area (Å²) in [6.07, 6.45) is 11.1. The molecule has 0 aliphatic carbocycles. The van der Waals surface area contributed by atoms with Crippen LogP contribution in [0.3, 0.4) is 0 Å². The van der Waals surface area contributed by atoms with Crippen molar-refractivity contribution in [3.05, 3.63) is 407 Å². The van der Waals surface area contributed by atoms with E-state index in [4.69, 9.17) is 4.98 Å². The van der Waals surface area contributed by atoms with Crippen LogP contribution in [0.25, 0.3) is 101 Å². The molecule has 0 saturated carbocycles. The maximum Gasteiger partial charge on any atom is 0.173 e. The smallest absolute Gasteiger partial charge is 0.173 e. The summed E-state index contributed by atoms with van der Waals surface area (Å²) in [5.74, 6) is 0. The van der Waals surface area contributed by atoms with Crippen LogP contribution in [0.15, 0.2) is 381 Å². The monoisotopic (exact) mass is 2250 g/mol. The van der Waals surface area contributed by atoms with E-state index in [1.807, 2.05) is 164 Å². The first kappa shape index (κ1) is 92.5. The van der Waals surface area contributed by atoms with Crippen molar-refractivity contribution in [2.45, 2.75) is 81.8 Å². The largest absolute Gasteiger partial charge is 0.305 e. The molecule has 0 saturated heterocycles. The number of benzene rings is 11. The van der Waals surface area contributed by atoms with Crippen LogP contribution in [0.1, 0.15) is 0 Å². The Morgan fingerprint density at radius 3 is 0.984 bits per heavy atom. The first-order valence-corrected chi connectivity index (χ1v) is 57.8. The van der Waals surface area contributed by atoms with Gasteiger partial charge in [0.25, 0.3) is 0 Å². The second-order valence-electron chi connectivity index (χ2n) is 33.7. The van der Waals surface area contributed by atoms with E-state index in [9.17, 15) is 8.42 Å². The van der Waals surface area contributed by atoms with E-state index in [1.165, 1.54) is 63.7 Å². The molecule has 8 nitrogen and oxygen atoms in total. The van der Waals surface area contributed by atoms with Crippen LogP contribution in [0.2, 0.25) is 72.0 Å². The summed E-state index contributed by atoms with van der Waals surface area (Å²) in [7, 11) is -11.7. The van der Waals surface area contributed by atoms with Gasteiger partial charge in [0.15, 0.2) is 9.84 Å². The maximum absolute atomic E-state index is 12.7. The summed E-state index contributed by atoms with van der Waals surface area (Å²) < 4.78 is 25.4. The molecule has 0 amide bonds. The standard InChI is InChI=1S/C32H28NSi2.C22H24NSi2.C20H18NO2SSi.3C11H8N.3Ir/c1-34(2,3)27-20-21-33-30(23-27)24-18-19-32-29(22-24)28-16-10-11-17-31(28)35(32,25-12-6-4-7-13-25)26-14-8-5-9-15-26;1-24(2,3)17-12-13-23-20(15-17)16-10-11-22-19(14-16)18-8-6-7-9-21(18)25(22,4)5;1-25(2,3)15-10-11-21-18(13-15)14-8-9-20-17(12-14)16-6-4-5-7-19(16)24(20,22)23;3*1-2-6-10(7-3-1)11-8-4-5-9-12-11;;;/h4-17,19-23H,1-3H3;6-9,11-15H,1-5H3;4-7,9-13H,1-3H3;3*1-6,8-9H;;;/q6*-1;;;. The van der Waals surface area contributed by atoms with Gasteiger partial charge in [-0.2, -0.15) is 0 Å². The van der Waals surface area contributed by atoms with Crippen LogP contribution in [0.4, 0.5) is 0 Å². The molecule has 6 aromatic heterocycles. The van der Waals surface area contributed by atoms with Gasteiger partial charge in [0, 0.05) is 97.5 Å². The van der Waals surface area contributed by atoms with E-state index in [1.54, 1.807) is 42.0 Å². The van der Waals surface area contributed by atoms with Gasteiger partial charge in [0.2, 0.25) is 0 Å². The van der Waals surface area contributed by atoms with Crippen LogP contribution < -0.4 is 46.7 Å². The molecule has 9 heterocycles. The quantitative estimate of drug-likeness (QED) is 0.0930. The third-order valence-corrected chi connectivity index (χ3v) is 38.6. The SMILES string of the molecule is C[Si](C)(C)c1ccnc(-c2[c-]cc3c(c2)-c2ccccc2S3(=O)=O)c1.C[Si](C)(C)c1ccnc(-c2[c-]cc3c(c2)-c2ccccc2[Si]3(C)C)c1.C[Si](C)(C)c1ccnc(-c2[c-]cc3c(c2)-c2ccccc2[Si]3(c2ccccc2)c2ccccc2)c1.[Ir].[Ir].[Ir].[c-]1ccccc1-c1ccccn1.[c-]1ccccc1-c1ccccn1.[c-]1ccccc1-c1ccccn1. The summed E-state index contributed by atoms with van der Waals surface area (Å²) in [5.41, 5.74) is 18.9. The van der Waals surface area contributed by atoms with E-state index < -0.39 is 50.2 Å². The minimum atomic E-state index is -3.44. The molecule has 11 aromatic carbocycles. The van der Waals surface area contributed by atoms with E-state index in [2.05, 4.69) is 303 Å². The summed E-state index contributed by atoms with van der Waals surface area (Å²) in [5, 5.41) is 12.9. The number of nitrogens with zero attached hydrogens (tertiary/aromatic N) is 6. The van der Waals surface area contributed by atoms with Crippen molar-refractivity contribution >= 4 is 96.9 Å². The van der Waals surface area contributed by atoms with E-state index in [-0.39, 0.29) is 60.3 Å². The van der Waals surface area contributed by atoms with E-state index in [0.717, 1.165) is 78.7 Å². The Bertz CT molecular complexity index is 6250. The number of hydrogen-bond acceptors (Lipinski definition) is 8. The molecule has 0 atom stereocenters. The Balaban J connectivity index is 0.000000142. The van der Waals surface area contributed by atoms with Crippen LogP contribution in [0, 0.1) is 36.4 Å². The van der Waals surface area contributed by atoms with Gasteiger partial charge in [-0.25, -0.2) is 8.42 Å². The van der Waals surface area contributed by atoms with Crippen molar-refractivity contribution in [1.29, 1.82) is 0 Å². The summed E-state index contributed by atoms with van der Waals surface area (Å²) in [6, 6.07) is 134. The zero-order chi connectivity index (χ0) is 84.4. The molecular weight excluding hydrogens is 2150 g/mol. The fraction of sp³-hybridized carbons (Fsp3) is 0.103. The number of pyridine rings is 6. The second kappa shape index (κ2) is 40.5. The molecule has 0 bridgehead atoms. The molecule has 0 spiro atoms. The number of rotatable bonds is 11. The molecule has 17 aromatic rings. The first-order chi connectivity index (χ1) is 58.5. The normalized spacial score (nSPS) is 12.7. The molecule has 3 aliphatic rings. The second-order valence-corrected chi connectivity index (χ2v) is 58.9. The molecule has 3 aliphatic heterocycles. The Morgan fingerprint density at radius 2 is 0.589 bits per heavy atom. The van der Waals surface area contributed by atoms with Crippen molar-refractivity contribution in [1.82, 2.24) is 29.9 Å². The van der Waals surface area contributed by atoms with Crippen molar-refractivity contribution in [2.75, 3.05) is 0 Å². The van der Waals surface area contributed by atoms with Gasteiger partial charge in [-0.1, -0.05) is 302 Å². The van der Waals surface area contributed by atoms with Crippen molar-refractivity contribution in [3.63, 3.8) is 0 Å². The van der Waals surface area contributed by atoms with Crippen molar-refractivity contribution < 1.29 is 68.7 Å². The predicted octanol–water partition coefficient (Wildman–Crippen LogP) is 19.9. The molecule has 3 radical (unpaired) electrons. The van der Waals surface area contributed by atoms with Gasteiger partial charge in [-0.05, 0) is 103 Å². The minimum absolute atomic E-state index is 0. The fourth-order valence-corrected chi connectivity index (χ4v) is 29.0. The molecule has 20 rings (SSSR count). The molecular formula is C107H94Ir3N6O2SSi5-6. The summed E-state index contributed by atoms with van der Waals surface area (Å²) in [4.78, 5) is 27.2. The first-order valence-electron chi connectivity index (χ1n) is 40.8. The average molecular weight is 2250 g/mol. The van der Waals surface area contributed by atoms with Gasteiger partial charge >= 0.3 is 0 Å². The predicted molar refractivity (Wildman–Crippen MR) is 516 cm³/mol. The summed E-state index contributed by atoms with van der Waals surface area (Å²) >= 11 is 0. The zero-order valence-corrected chi connectivity index (χ0v) is 84.1. The molecule has 623 valence electrons. The fourth-order valence-electron chi connectivity index (χ4n) is 15.8. The molecule has 124 heavy (non-hydrogen) atoms. The van der Waals surface area contributed by atoms with Gasteiger partial charge in [0.05, 0.1) is 37.2 Å². The minimum Gasteiger partial charge on any atom is -0.305 e. The molecule has 17 heteroatoms. The van der Waals surface area contributed by atoms with Gasteiger partial charge in [-0.3, -0.25) is 0 Å². The van der Waals surface area contributed by atoms with E-state index >= 15 is 0 Å². The van der Waals surface area contributed by atoms with Crippen LogP contribution >= 0.6 is 0 Å². The van der Waals surface area contributed by atoms with Gasteiger partial charge < -0.3 is 29.9 Å². The molecule has 0 N–H and O–H groups in total. The van der Waals surface area contributed by atoms with Crippen LogP contribution in [-0.4, -0.2) is 78.7 Å². The number of hydrogen-bond donors (Lipinski definition) is 0.